The highest BCUT2D eigenvalue weighted by molar-refractivity contribution is 7.92. The van der Waals surface area contributed by atoms with Gasteiger partial charge in [0, 0.05) is 13.6 Å². The summed E-state index contributed by atoms with van der Waals surface area (Å²) in [6.07, 6.45) is 1.19. The molecule has 0 amide bonds. The Balaban J connectivity index is 3.00. The van der Waals surface area contributed by atoms with Gasteiger partial charge in [0.05, 0.1) is 11.9 Å². The first-order valence-corrected chi connectivity index (χ1v) is 6.47. The van der Waals surface area contributed by atoms with Gasteiger partial charge in [-0.3, -0.25) is 4.31 Å². The maximum Gasteiger partial charge on any atom is 0.231 e. The third kappa shape index (κ3) is 3.21. The van der Waals surface area contributed by atoms with Gasteiger partial charge in [-0.25, -0.2) is 8.42 Å². The summed E-state index contributed by atoms with van der Waals surface area (Å²) in [4.78, 5) is 0. The van der Waals surface area contributed by atoms with E-state index in [0.29, 0.717) is 5.69 Å². The molecule has 5 heteroatoms. The van der Waals surface area contributed by atoms with Crippen LogP contribution in [0, 0.1) is 0 Å². The van der Waals surface area contributed by atoms with E-state index in [-0.39, 0.29) is 0 Å². The highest BCUT2D eigenvalue weighted by Crippen LogP contribution is 2.16. The quantitative estimate of drug-likeness (QED) is 0.829. The van der Waals surface area contributed by atoms with E-state index < -0.39 is 10.0 Å². The van der Waals surface area contributed by atoms with Gasteiger partial charge < -0.3 is 5.32 Å². The molecule has 15 heavy (non-hydrogen) atoms. The van der Waals surface area contributed by atoms with Crippen LogP contribution in [0.4, 0.5) is 5.69 Å². The number of rotatable bonds is 4. The normalized spacial score (nSPS) is 11.4. The van der Waals surface area contributed by atoms with Crippen molar-refractivity contribution in [2.45, 2.75) is 6.54 Å². The van der Waals surface area contributed by atoms with Gasteiger partial charge in [-0.1, -0.05) is 12.1 Å². The molecule has 1 rings (SSSR count). The maximum atomic E-state index is 11.3. The lowest BCUT2D eigenvalue weighted by Gasteiger charge is -2.17. The van der Waals surface area contributed by atoms with Crippen LogP contribution in [0.15, 0.2) is 24.3 Å². The van der Waals surface area contributed by atoms with E-state index in [1.165, 1.54) is 10.6 Å². The van der Waals surface area contributed by atoms with Gasteiger partial charge in [-0.2, -0.15) is 0 Å². The number of sulfonamides is 1. The molecule has 0 radical (unpaired) electrons. The van der Waals surface area contributed by atoms with Crippen LogP contribution in [0.2, 0.25) is 0 Å². The second-order valence-electron chi connectivity index (χ2n) is 3.43. The smallest absolute Gasteiger partial charge is 0.231 e. The number of anilines is 1. The van der Waals surface area contributed by atoms with Crippen LogP contribution < -0.4 is 9.62 Å². The van der Waals surface area contributed by atoms with Crippen molar-refractivity contribution >= 4 is 15.7 Å². The molecule has 4 nitrogen and oxygen atoms in total. The zero-order valence-electron chi connectivity index (χ0n) is 9.19. The first-order valence-electron chi connectivity index (χ1n) is 4.62. The molecule has 1 aromatic rings. The number of benzene rings is 1. The van der Waals surface area contributed by atoms with Gasteiger partial charge in [0.25, 0.3) is 0 Å². The van der Waals surface area contributed by atoms with Crippen molar-refractivity contribution in [1.29, 1.82) is 0 Å². The fraction of sp³-hybridized carbons (Fsp3) is 0.400. The van der Waals surface area contributed by atoms with Crippen LogP contribution in [0.25, 0.3) is 0 Å². The van der Waals surface area contributed by atoms with E-state index in [2.05, 4.69) is 5.32 Å². The first kappa shape index (κ1) is 12.0. The molecule has 0 unspecified atom stereocenters. The van der Waals surface area contributed by atoms with E-state index >= 15 is 0 Å². The number of nitrogens with one attached hydrogen (secondary N) is 1. The molecular weight excluding hydrogens is 212 g/mol. The Morgan fingerprint density at radius 2 is 2.07 bits per heavy atom. The molecule has 1 N–H and O–H groups in total. The van der Waals surface area contributed by atoms with Gasteiger partial charge in [0.1, 0.15) is 0 Å². The van der Waals surface area contributed by atoms with Gasteiger partial charge in [-0.05, 0) is 24.7 Å². The summed E-state index contributed by atoms with van der Waals surface area (Å²) in [5.74, 6) is 0. The second-order valence-corrected chi connectivity index (χ2v) is 5.44. The number of hydrogen-bond acceptors (Lipinski definition) is 3. The average molecular weight is 228 g/mol. The van der Waals surface area contributed by atoms with E-state index in [4.69, 9.17) is 0 Å². The van der Waals surface area contributed by atoms with E-state index in [9.17, 15) is 8.42 Å². The fourth-order valence-corrected chi connectivity index (χ4v) is 1.75. The molecule has 0 atom stereocenters. The Bertz CT molecular complexity index is 429. The summed E-state index contributed by atoms with van der Waals surface area (Å²) in [7, 11) is 0.229. The monoisotopic (exact) mass is 228 g/mol. The lowest BCUT2D eigenvalue weighted by molar-refractivity contribution is 0.600. The Hall–Kier alpha value is -1.07. The highest BCUT2D eigenvalue weighted by atomic mass is 32.2. The maximum absolute atomic E-state index is 11.3. The van der Waals surface area contributed by atoms with E-state index in [1.54, 1.807) is 13.1 Å². The lowest BCUT2D eigenvalue weighted by Crippen LogP contribution is -2.24. The minimum atomic E-state index is -3.17. The van der Waals surface area contributed by atoms with Crippen LogP contribution in [0.5, 0.6) is 0 Å². The molecule has 0 heterocycles. The Labute approximate surface area is 91.0 Å². The topological polar surface area (TPSA) is 49.4 Å². The fourth-order valence-electron chi connectivity index (χ4n) is 1.26. The zero-order chi connectivity index (χ0) is 11.5. The minimum Gasteiger partial charge on any atom is -0.316 e. The van der Waals surface area contributed by atoms with Crippen molar-refractivity contribution in [2.24, 2.45) is 0 Å². The molecule has 84 valence electrons. The molecule has 0 bridgehead atoms. The SMILES string of the molecule is CNCc1cccc(N(C)S(C)(=O)=O)c1. The molecule has 0 aliphatic heterocycles. The van der Waals surface area contributed by atoms with E-state index in [0.717, 1.165) is 12.1 Å². The molecular formula is C10H16N2O2S. The summed E-state index contributed by atoms with van der Waals surface area (Å²) < 4.78 is 23.9. The molecule has 0 saturated heterocycles. The average Bonchev–Trinajstić information content (AvgIpc) is 2.16. The predicted molar refractivity (Wildman–Crippen MR) is 62.5 cm³/mol. The summed E-state index contributed by atoms with van der Waals surface area (Å²) in [6, 6.07) is 7.44. The largest absolute Gasteiger partial charge is 0.316 e. The third-order valence-electron chi connectivity index (χ3n) is 2.15. The molecule has 0 spiro atoms. The number of hydrogen-bond donors (Lipinski definition) is 1. The molecule has 0 aliphatic rings. The van der Waals surface area contributed by atoms with E-state index in [1.807, 2.05) is 25.2 Å². The second kappa shape index (κ2) is 4.63. The summed E-state index contributed by atoms with van der Waals surface area (Å²) in [6.45, 7) is 0.728. The van der Waals surface area contributed by atoms with Crippen LogP contribution in [-0.2, 0) is 16.6 Å². The number of nitrogens with zero attached hydrogens (tertiary/aromatic N) is 1. The summed E-state index contributed by atoms with van der Waals surface area (Å²) in [5.41, 5.74) is 1.75. The lowest BCUT2D eigenvalue weighted by atomic mass is 10.2. The Morgan fingerprint density at radius 1 is 1.40 bits per heavy atom. The summed E-state index contributed by atoms with van der Waals surface area (Å²) >= 11 is 0. The zero-order valence-corrected chi connectivity index (χ0v) is 10.0. The van der Waals surface area contributed by atoms with Crippen molar-refractivity contribution in [3.63, 3.8) is 0 Å². The highest BCUT2D eigenvalue weighted by Gasteiger charge is 2.11. The van der Waals surface area contributed by atoms with Crippen LogP contribution in [0.3, 0.4) is 0 Å². The Kier molecular flexibility index (Phi) is 3.71. The minimum absolute atomic E-state index is 0.685. The van der Waals surface area contributed by atoms with Crippen LogP contribution in [0.1, 0.15) is 5.56 Å². The summed E-state index contributed by atoms with van der Waals surface area (Å²) in [5, 5.41) is 3.02. The Morgan fingerprint density at radius 3 is 2.60 bits per heavy atom. The van der Waals surface area contributed by atoms with Gasteiger partial charge in [0.2, 0.25) is 10.0 Å². The van der Waals surface area contributed by atoms with Crippen molar-refractivity contribution in [1.82, 2.24) is 5.32 Å². The molecule has 0 aliphatic carbocycles. The molecule has 0 aromatic heterocycles. The standard InChI is InChI=1S/C10H16N2O2S/c1-11-8-9-5-4-6-10(7-9)12(2)15(3,13)14/h4-7,11H,8H2,1-3H3. The van der Waals surface area contributed by atoms with Crippen LogP contribution in [-0.4, -0.2) is 28.8 Å². The van der Waals surface area contributed by atoms with Crippen molar-refractivity contribution in [2.75, 3.05) is 24.7 Å². The van der Waals surface area contributed by atoms with Crippen molar-refractivity contribution in [3.05, 3.63) is 29.8 Å². The van der Waals surface area contributed by atoms with Gasteiger partial charge >= 0.3 is 0 Å². The first-order chi connectivity index (χ1) is 6.95. The predicted octanol–water partition coefficient (Wildman–Crippen LogP) is 0.802. The van der Waals surface area contributed by atoms with Gasteiger partial charge in [-0.15, -0.1) is 0 Å². The van der Waals surface area contributed by atoms with Crippen molar-refractivity contribution < 1.29 is 8.42 Å². The van der Waals surface area contributed by atoms with Crippen LogP contribution >= 0.6 is 0 Å². The third-order valence-corrected chi connectivity index (χ3v) is 3.36. The molecule has 1 aromatic carbocycles. The van der Waals surface area contributed by atoms with Gasteiger partial charge in [0.15, 0.2) is 0 Å². The molecule has 0 fully saturated rings. The molecule has 0 saturated carbocycles. The van der Waals surface area contributed by atoms with Crippen molar-refractivity contribution in [3.8, 4) is 0 Å².